The van der Waals surface area contributed by atoms with Crippen molar-refractivity contribution in [1.82, 2.24) is 5.32 Å². The van der Waals surface area contributed by atoms with Crippen molar-refractivity contribution < 1.29 is 4.42 Å². The van der Waals surface area contributed by atoms with E-state index in [9.17, 15) is 0 Å². The van der Waals surface area contributed by atoms with Crippen LogP contribution in [0.3, 0.4) is 0 Å². The SMILES string of the molecule is CCCNC(c1occc1Br)C1(CC)CCCC1. The zero-order chi connectivity index (χ0) is 13.0. The molecule has 0 radical (unpaired) electrons. The molecule has 0 bridgehead atoms. The first-order valence-corrected chi connectivity index (χ1v) is 7.99. The first kappa shape index (κ1) is 14.1. The Bertz CT molecular complexity index is 368. The number of furan rings is 1. The van der Waals surface area contributed by atoms with Gasteiger partial charge in [-0.15, -0.1) is 0 Å². The van der Waals surface area contributed by atoms with E-state index >= 15 is 0 Å². The Morgan fingerprint density at radius 3 is 2.61 bits per heavy atom. The Kier molecular flexibility index (Phi) is 4.91. The van der Waals surface area contributed by atoms with Gasteiger partial charge < -0.3 is 9.73 Å². The Balaban J connectivity index is 2.26. The third kappa shape index (κ3) is 2.67. The molecule has 1 atom stereocenters. The van der Waals surface area contributed by atoms with E-state index in [1.165, 1.54) is 32.1 Å². The molecule has 0 aromatic carbocycles. The molecule has 0 amide bonds. The van der Waals surface area contributed by atoms with Crippen molar-refractivity contribution in [3.63, 3.8) is 0 Å². The van der Waals surface area contributed by atoms with Gasteiger partial charge in [-0.3, -0.25) is 0 Å². The number of halogens is 1. The van der Waals surface area contributed by atoms with Crippen LogP contribution in [0, 0.1) is 5.41 Å². The topological polar surface area (TPSA) is 25.2 Å². The first-order chi connectivity index (χ1) is 8.73. The summed E-state index contributed by atoms with van der Waals surface area (Å²) in [5.41, 5.74) is 0.384. The first-order valence-electron chi connectivity index (χ1n) is 7.20. The van der Waals surface area contributed by atoms with Gasteiger partial charge in [0.15, 0.2) is 0 Å². The monoisotopic (exact) mass is 313 g/mol. The van der Waals surface area contributed by atoms with Crippen LogP contribution >= 0.6 is 15.9 Å². The van der Waals surface area contributed by atoms with Gasteiger partial charge in [0.05, 0.1) is 16.8 Å². The minimum absolute atomic E-state index is 0.356. The molecule has 1 heterocycles. The molecule has 1 aliphatic carbocycles. The van der Waals surface area contributed by atoms with Crippen LogP contribution in [0.2, 0.25) is 0 Å². The Hall–Kier alpha value is -0.280. The number of hydrogen-bond donors (Lipinski definition) is 1. The Labute approximate surface area is 119 Å². The van der Waals surface area contributed by atoms with Gasteiger partial charge in [0, 0.05) is 0 Å². The van der Waals surface area contributed by atoms with Gasteiger partial charge in [-0.25, -0.2) is 0 Å². The minimum Gasteiger partial charge on any atom is -0.466 e. The predicted molar refractivity (Wildman–Crippen MR) is 78.6 cm³/mol. The maximum atomic E-state index is 5.75. The van der Waals surface area contributed by atoms with Crippen LogP contribution in [0.25, 0.3) is 0 Å². The standard InChI is InChI=1S/C15H24BrNO/c1-3-10-17-14(13-12(16)7-11-18-13)15(4-2)8-5-6-9-15/h7,11,14,17H,3-6,8-10H2,1-2H3. The molecule has 18 heavy (non-hydrogen) atoms. The van der Waals surface area contributed by atoms with E-state index in [2.05, 4.69) is 35.1 Å². The third-order valence-electron chi connectivity index (χ3n) is 4.42. The van der Waals surface area contributed by atoms with Crippen LogP contribution < -0.4 is 5.32 Å². The molecule has 0 saturated heterocycles. The lowest BCUT2D eigenvalue weighted by Gasteiger charge is -2.36. The zero-order valence-corrected chi connectivity index (χ0v) is 13.1. The second-order valence-corrected chi connectivity index (χ2v) is 6.30. The van der Waals surface area contributed by atoms with Crippen molar-refractivity contribution in [2.24, 2.45) is 5.41 Å². The average Bonchev–Trinajstić information content (AvgIpc) is 3.01. The van der Waals surface area contributed by atoms with Gasteiger partial charge >= 0.3 is 0 Å². The maximum Gasteiger partial charge on any atom is 0.135 e. The van der Waals surface area contributed by atoms with E-state index < -0.39 is 0 Å². The van der Waals surface area contributed by atoms with E-state index in [0.717, 1.165) is 23.2 Å². The third-order valence-corrected chi connectivity index (χ3v) is 5.08. The molecule has 1 fully saturated rings. The zero-order valence-electron chi connectivity index (χ0n) is 11.5. The van der Waals surface area contributed by atoms with Crippen molar-refractivity contribution in [2.75, 3.05) is 6.54 Å². The number of hydrogen-bond acceptors (Lipinski definition) is 2. The second-order valence-electron chi connectivity index (χ2n) is 5.44. The maximum absolute atomic E-state index is 5.75. The highest BCUT2D eigenvalue weighted by molar-refractivity contribution is 9.10. The minimum atomic E-state index is 0.356. The van der Waals surface area contributed by atoms with E-state index in [-0.39, 0.29) is 0 Å². The largest absolute Gasteiger partial charge is 0.466 e. The fourth-order valence-electron chi connectivity index (χ4n) is 3.31. The van der Waals surface area contributed by atoms with Gasteiger partial charge in [-0.1, -0.05) is 26.7 Å². The van der Waals surface area contributed by atoms with Crippen LogP contribution in [0.5, 0.6) is 0 Å². The van der Waals surface area contributed by atoms with Crippen LogP contribution in [0.1, 0.15) is 64.2 Å². The van der Waals surface area contributed by atoms with Gasteiger partial charge in [-0.05, 0) is 59.6 Å². The summed E-state index contributed by atoms with van der Waals surface area (Å²) in [6.07, 6.45) is 9.53. The van der Waals surface area contributed by atoms with Crippen molar-refractivity contribution in [1.29, 1.82) is 0 Å². The molecule has 1 aromatic heterocycles. The predicted octanol–water partition coefficient (Wildman–Crippen LogP) is 5.05. The Morgan fingerprint density at radius 2 is 2.11 bits per heavy atom. The van der Waals surface area contributed by atoms with Gasteiger partial charge in [0.1, 0.15) is 5.76 Å². The molecular weight excluding hydrogens is 290 g/mol. The molecular formula is C15H24BrNO. The van der Waals surface area contributed by atoms with Crippen LogP contribution in [-0.4, -0.2) is 6.54 Å². The summed E-state index contributed by atoms with van der Waals surface area (Å²) in [6.45, 7) is 5.59. The smallest absolute Gasteiger partial charge is 0.135 e. The molecule has 0 aliphatic heterocycles. The molecule has 102 valence electrons. The molecule has 1 N–H and O–H groups in total. The fraction of sp³-hybridized carbons (Fsp3) is 0.733. The van der Waals surface area contributed by atoms with Crippen molar-refractivity contribution in [2.45, 2.75) is 58.4 Å². The average molecular weight is 314 g/mol. The van der Waals surface area contributed by atoms with E-state index in [1.54, 1.807) is 6.26 Å². The van der Waals surface area contributed by atoms with Crippen LogP contribution in [0.15, 0.2) is 21.2 Å². The lowest BCUT2D eigenvalue weighted by molar-refractivity contribution is 0.164. The van der Waals surface area contributed by atoms with E-state index in [4.69, 9.17) is 4.42 Å². The summed E-state index contributed by atoms with van der Waals surface area (Å²) in [5, 5.41) is 3.72. The van der Waals surface area contributed by atoms with Gasteiger partial charge in [-0.2, -0.15) is 0 Å². The highest BCUT2D eigenvalue weighted by atomic mass is 79.9. The number of nitrogens with one attached hydrogen (secondary N) is 1. The molecule has 1 unspecified atom stereocenters. The van der Waals surface area contributed by atoms with E-state index in [1.807, 2.05) is 6.07 Å². The molecule has 1 aliphatic rings. The van der Waals surface area contributed by atoms with Crippen molar-refractivity contribution >= 4 is 15.9 Å². The van der Waals surface area contributed by atoms with Crippen LogP contribution in [-0.2, 0) is 0 Å². The molecule has 2 nitrogen and oxygen atoms in total. The van der Waals surface area contributed by atoms with Crippen molar-refractivity contribution in [3.8, 4) is 0 Å². The normalized spacial score (nSPS) is 20.2. The van der Waals surface area contributed by atoms with Gasteiger partial charge in [0.2, 0.25) is 0 Å². The fourth-order valence-corrected chi connectivity index (χ4v) is 3.74. The highest BCUT2D eigenvalue weighted by Gasteiger charge is 2.42. The summed E-state index contributed by atoms with van der Waals surface area (Å²) in [5.74, 6) is 1.09. The quantitative estimate of drug-likeness (QED) is 0.794. The van der Waals surface area contributed by atoms with E-state index in [0.29, 0.717) is 11.5 Å². The molecule has 0 spiro atoms. The van der Waals surface area contributed by atoms with Crippen molar-refractivity contribution in [3.05, 3.63) is 22.6 Å². The van der Waals surface area contributed by atoms with Crippen LogP contribution in [0.4, 0.5) is 0 Å². The summed E-state index contributed by atoms with van der Waals surface area (Å²) in [7, 11) is 0. The highest BCUT2D eigenvalue weighted by Crippen LogP contribution is 2.51. The van der Waals surface area contributed by atoms with Gasteiger partial charge in [0.25, 0.3) is 0 Å². The lowest BCUT2D eigenvalue weighted by atomic mass is 9.75. The Morgan fingerprint density at radius 1 is 1.39 bits per heavy atom. The molecule has 1 aromatic rings. The molecule has 3 heteroatoms. The number of rotatable bonds is 6. The molecule has 1 saturated carbocycles. The summed E-state index contributed by atoms with van der Waals surface area (Å²) in [4.78, 5) is 0. The summed E-state index contributed by atoms with van der Waals surface area (Å²) < 4.78 is 6.86. The lowest BCUT2D eigenvalue weighted by Crippen LogP contribution is -2.36. The second kappa shape index (κ2) is 6.25. The summed E-state index contributed by atoms with van der Waals surface area (Å²) in [6, 6.07) is 2.36. The molecule has 2 rings (SSSR count). The summed E-state index contributed by atoms with van der Waals surface area (Å²) >= 11 is 3.63.